The second-order valence-electron chi connectivity index (χ2n) is 6.58. The van der Waals surface area contributed by atoms with Gasteiger partial charge in [-0.05, 0) is 12.8 Å². The van der Waals surface area contributed by atoms with Crippen LogP contribution in [0.2, 0.25) is 0 Å². The van der Waals surface area contributed by atoms with E-state index in [0.29, 0.717) is 11.8 Å². The van der Waals surface area contributed by atoms with E-state index in [1.807, 2.05) is 0 Å². The quantitative estimate of drug-likeness (QED) is 0.452. The maximum atomic E-state index is 3.36. The molecule has 0 aromatic rings. The monoisotopic (exact) mass is 440 g/mol. The van der Waals surface area contributed by atoms with Crippen LogP contribution in [0.1, 0.15) is 65.2 Å². The van der Waals surface area contributed by atoms with E-state index in [1.54, 1.807) is 22.3 Å². The fourth-order valence-corrected chi connectivity index (χ4v) is 3.88. The van der Waals surface area contributed by atoms with Crippen molar-refractivity contribution in [1.29, 1.82) is 0 Å². The van der Waals surface area contributed by atoms with Crippen LogP contribution in [-0.4, -0.2) is 4.21 Å². The first-order valence-corrected chi connectivity index (χ1v) is 10.5. The van der Waals surface area contributed by atoms with Crippen LogP contribution in [0.25, 0.3) is 0 Å². The summed E-state index contributed by atoms with van der Waals surface area (Å²) in [5.41, 5.74) is 6.54. The number of hydrogen-bond donors (Lipinski definition) is 0. The van der Waals surface area contributed by atoms with Crippen molar-refractivity contribution >= 4 is 4.21 Å². The topological polar surface area (TPSA) is 0 Å². The van der Waals surface area contributed by atoms with Gasteiger partial charge in [-0.1, -0.05) is 64.2 Å². The Kier molecular flexibility index (Phi) is 12.8. The van der Waals surface area contributed by atoms with Gasteiger partial charge in [-0.15, -0.1) is 0 Å². The Labute approximate surface area is 176 Å². The Balaban J connectivity index is 0.000000372. The predicted octanol–water partition coefficient (Wildman–Crippen LogP) is -0.295. The van der Waals surface area contributed by atoms with E-state index in [2.05, 4.69) is 42.4 Å². The second-order valence-corrected chi connectivity index (χ2v) is 6.58. The zero-order valence-corrected chi connectivity index (χ0v) is 18.9. The molecule has 4 aliphatic carbocycles. The summed E-state index contributed by atoms with van der Waals surface area (Å²) in [5, 5.41) is 0. The van der Waals surface area contributed by atoms with Crippen LogP contribution in [-0.2, 0) is 24.2 Å². The minimum atomic E-state index is 0. The molecule has 0 heterocycles. The van der Waals surface area contributed by atoms with Crippen LogP contribution in [0.4, 0.5) is 0 Å². The first-order valence-electron chi connectivity index (χ1n) is 8.73. The third kappa shape index (κ3) is 6.23. The SMILES string of the molecule is C[C@@H]1[C-]=CC2=C1CCCC2.C[C@H]1[C-]=CC2=C1CCCC2.[CH2]=[Zr+2].[Cl-].[Cl-]. The second kappa shape index (κ2) is 12.6. The minimum absolute atomic E-state index is 0. The molecule has 0 aliphatic heterocycles. The maximum absolute atomic E-state index is 3.36. The van der Waals surface area contributed by atoms with Crippen LogP contribution in [0.3, 0.4) is 0 Å². The summed E-state index contributed by atoms with van der Waals surface area (Å²) in [6, 6.07) is 0. The summed E-state index contributed by atoms with van der Waals surface area (Å²) in [4.78, 5) is 0. The van der Waals surface area contributed by atoms with Gasteiger partial charge in [0.1, 0.15) is 0 Å². The van der Waals surface area contributed by atoms with Crippen LogP contribution in [0.15, 0.2) is 34.4 Å². The van der Waals surface area contributed by atoms with Crippen LogP contribution in [0, 0.1) is 24.0 Å². The molecule has 0 bridgehead atoms. The van der Waals surface area contributed by atoms with Gasteiger partial charge in [0.15, 0.2) is 0 Å². The van der Waals surface area contributed by atoms with E-state index in [1.165, 1.54) is 75.6 Å². The van der Waals surface area contributed by atoms with E-state index in [9.17, 15) is 0 Å². The molecule has 0 unspecified atom stereocenters. The van der Waals surface area contributed by atoms with E-state index >= 15 is 0 Å². The summed E-state index contributed by atoms with van der Waals surface area (Å²) in [6.07, 6.45) is 22.0. The van der Waals surface area contributed by atoms with Gasteiger partial charge < -0.3 is 24.8 Å². The van der Waals surface area contributed by atoms with Crippen molar-refractivity contribution in [3.63, 3.8) is 0 Å². The van der Waals surface area contributed by atoms with Crippen LogP contribution in [0.5, 0.6) is 0 Å². The van der Waals surface area contributed by atoms with Crippen molar-refractivity contribution in [1.82, 2.24) is 0 Å². The molecule has 0 aromatic carbocycles. The first kappa shape index (κ1) is 24.3. The average Bonchev–Trinajstić information content (AvgIpc) is 3.15. The number of allylic oxidation sites excluding steroid dienone is 8. The molecule has 0 amide bonds. The zero-order valence-electron chi connectivity index (χ0n) is 14.9. The van der Waals surface area contributed by atoms with Crippen molar-refractivity contribution in [3.05, 3.63) is 46.6 Å². The van der Waals surface area contributed by atoms with E-state index in [4.69, 9.17) is 0 Å². The van der Waals surface area contributed by atoms with Crippen LogP contribution >= 0.6 is 0 Å². The minimum Gasteiger partial charge on any atom is -1.00 e. The molecule has 2 atom stereocenters. The molecule has 0 radical (unpaired) electrons. The third-order valence-electron chi connectivity index (χ3n) is 5.17. The Hall–Kier alpha value is 0.293. The molecular weight excluding hydrogens is 414 g/mol. The summed E-state index contributed by atoms with van der Waals surface area (Å²) in [7, 11) is 0. The van der Waals surface area contributed by atoms with Crippen molar-refractivity contribution in [2.24, 2.45) is 11.8 Å². The fraction of sp³-hybridized carbons (Fsp3) is 0.571. The fourth-order valence-electron chi connectivity index (χ4n) is 3.88. The first-order chi connectivity index (χ1) is 10.8. The summed E-state index contributed by atoms with van der Waals surface area (Å²) >= 11 is 1.30. The molecule has 4 rings (SSSR count). The van der Waals surface area contributed by atoms with E-state index in [0.717, 1.165) is 0 Å². The molecule has 0 aromatic heterocycles. The molecule has 132 valence electrons. The average molecular weight is 443 g/mol. The van der Waals surface area contributed by atoms with Gasteiger partial charge in [-0.2, -0.15) is 22.3 Å². The number of hydrogen-bond acceptors (Lipinski definition) is 0. The van der Waals surface area contributed by atoms with Gasteiger partial charge in [0, 0.05) is 0 Å². The molecule has 3 heteroatoms. The molecule has 4 aliphatic rings. The molecule has 0 saturated carbocycles. The maximum Gasteiger partial charge on any atom is -1.00 e. The van der Waals surface area contributed by atoms with Gasteiger partial charge >= 0.3 is 28.4 Å². The van der Waals surface area contributed by atoms with Gasteiger partial charge in [-0.3, -0.25) is 12.2 Å². The van der Waals surface area contributed by atoms with E-state index < -0.39 is 0 Å². The smallest absolute Gasteiger partial charge is 1.00 e. The summed E-state index contributed by atoms with van der Waals surface area (Å²) in [5.74, 6) is 1.27. The van der Waals surface area contributed by atoms with Crippen molar-refractivity contribution in [2.45, 2.75) is 65.2 Å². The van der Waals surface area contributed by atoms with Crippen molar-refractivity contribution < 1.29 is 49.0 Å². The summed E-state index contributed by atoms with van der Waals surface area (Å²) < 4.78 is 3.34. The standard InChI is InChI=1S/2C10H13.CH2.2ClH.Zr/c2*1-8-6-7-9-4-2-3-5-10(8)9;;;;/h2*7-8H,2-5H2,1H3;1H2;2*1H;/q2*-1;;;;+2/p-2/t2*8-;;;;/m10..../s1. The molecule has 0 N–H and O–H groups in total. The van der Waals surface area contributed by atoms with Crippen molar-refractivity contribution in [3.8, 4) is 0 Å². The van der Waals surface area contributed by atoms with Gasteiger partial charge in [0.25, 0.3) is 0 Å². The summed E-state index contributed by atoms with van der Waals surface area (Å²) in [6.45, 7) is 4.51. The zero-order chi connectivity index (χ0) is 15.9. The molecule has 0 nitrogen and oxygen atoms in total. The normalized spacial score (nSPS) is 26.2. The van der Waals surface area contributed by atoms with Gasteiger partial charge in [0.05, 0.1) is 0 Å². The molecular formula is C21H28Cl2Zr-2. The molecule has 0 spiro atoms. The van der Waals surface area contributed by atoms with E-state index in [-0.39, 0.29) is 24.8 Å². The molecule has 0 saturated heterocycles. The third-order valence-corrected chi connectivity index (χ3v) is 5.17. The Morgan fingerprint density at radius 2 is 1.08 bits per heavy atom. The molecule has 24 heavy (non-hydrogen) atoms. The van der Waals surface area contributed by atoms with Crippen molar-refractivity contribution in [2.75, 3.05) is 0 Å². The Morgan fingerprint density at radius 1 is 0.750 bits per heavy atom. The molecule has 0 fully saturated rings. The Morgan fingerprint density at radius 3 is 1.42 bits per heavy atom. The Bertz CT molecular complexity index is 468. The van der Waals surface area contributed by atoms with Gasteiger partial charge in [0.2, 0.25) is 0 Å². The van der Waals surface area contributed by atoms with Crippen LogP contribution < -0.4 is 24.8 Å². The largest absolute Gasteiger partial charge is 1.00 e. The number of halogens is 2. The predicted molar refractivity (Wildman–Crippen MR) is 92.1 cm³/mol. The van der Waals surface area contributed by atoms with Gasteiger partial charge in [-0.25, -0.2) is 12.2 Å². The number of rotatable bonds is 0.